The van der Waals surface area contributed by atoms with Crippen LogP contribution >= 0.6 is 11.3 Å². The van der Waals surface area contributed by atoms with Gasteiger partial charge < -0.3 is 9.72 Å². The molecule has 4 aromatic rings. The van der Waals surface area contributed by atoms with Gasteiger partial charge in [-0.1, -0.05) is 48.5 Å². The van der Waals surface area contributed by atoms with E-state index in [9.17, 15) is 9.59 Å². The molecule has 0 radical (unpaired) electrons. The van der Waals surface area contributed by atoms with Crippen LogP contribution < -0.4 is 5.32 Å². The summed E-state index contributed by atoms with van der Waals surface area (Å²) in [5, 5.41) is 6.02. The molecule has 0 aliphatic heterocycles. The van der Waals surface area contributed by atoms with Crippen LogP contribution in [0.4, 0.5) is 5.13 Å². The van der Waals surface area contributed by atoms with E-state index in [1.807, 2.05) is 60.0 Å². The quantitative estimate of drug-likeness (QED) is 0.466. The fourth-order valence-corrected chi connectivity index (χ4v) is 3.73. The monoisotopic (exact) mass is 405 g/mol. The SMILES string of the molecule is C[C@@H](OC(=O)Cc1c[nH]c2ccccc12)C(=O)Nc1nc(-c2ccccc2)cs1. The molecule has 0 bridgehead atoms. The molecular weight excluding hydrogens is 386 g/mol. The third-order valence-electron chi connectivity index (χ3n) is 4.49. The minimum atomic E-state index is -0.920. The van der Waals surface area contributed by atoms with Gasteiger partial charge in [-0.05, 0) is 18.6 Å². The molecule has 7 heteroatoms. The number of fused-ring (bicyclic) bond motifs is 1. The zero-order chi connectivity index (χ0) is 20.2. The Morgan fingerprint density at radius 3 is 2.72 bits per heavy atom. The third-order valence-corrected chi connectivity index (χ3v) is 5.25. The molecule has 29 heavy (non-hydrogen) atoms. The molecule has 0 spiro atoms. The van der Waals surface area contributed by atoms with Crippen LogP contribution in [0.5, 0.6) is 0 Å². The number of rotatable bonds is 6. The number of ether oxygens (including phenoxy) is 1. The maximum absolute atomic E-state index is 12.4. The Morgan fingerprint density at radius 1 is 1.14 bits per heavy atom. The molecule has 0 saturated heterocycles. The van der Waals surface area contributed by atoms with Crippen molar-refractivity contribution in [2.45, 2.75) is 19.4 Å². The Balaban J connectivity index is 1.35. The molecule has 2 N–H and O–H groups in total. The second-order valence-corrected chi connectivity index (χ2v) is 7.42. The van der Waals surface area contributed by atoms with Crippen LogP contribution in [0.3, 0.4) is 0 Å². The fourth-order valence-electron chi connectivity index (χ4n) is 3.01. The number of nitrogens with zero attached hydrogens (tertiary/aromatic N) is 1. The molecule has 2 aromatic carbocycles. The molecular formula is C22H19N3O3S. The number of hydrogen-bond acceptors (Lipinski definition) is 5. The summed E-state index contributed by atoms with van der Waals surface area (Å²) in [6, 6.07) is 17.4. The third kappa shape index (κ3) is 4.35. The van der Waals surface area contributed by atoms with Crippen molar-refractivity contribution in [3.63, 3.8) is 0 Å². The van der Waals surface area contributed by atoms with Crippen molar-refractivity contribution >= 4 is 39.2 Å². The lowest BCUT2D eigenvalue weighted by atomic mass is 10.1. The van der Waals surface area contributed by atoms with Crippen molar-refractivity contribution in [2.75, 3.05) is 5.32 Å². The van der Waals surface area contributed by atoms with Crippen LogP contribution in [0.2, 0.25) is 0 Å². The predicted octanol–water partition coefficient (Wildman–Crippen LogP) is 4.40. The fraction of sp³-hybridized carbons (Fsp3) is 0.136. The molecule has 1 amide bonds. The summed E-state index contributed by atoms with van der Waals surface area (Å²) in [6.07, 6.45) is 0.964. The molecule has 2 heterocycles. The first-order valence-corrected chi connectivity index (χ1v) is 10.0. The number of H-pyrrole nitrogens is 1. The van der Waals surface area contributed by atoms with Gasteiger partial charge in [0, 0.05) is 28.0 Å². The van der Waals surface area contributed by atoms with E-state index < -0.39 is 18.0 Å². The van der Waals surface area contributed by atoms with Crippen molar-refractivity contribution < 1.29 is 14.3 Å². The zero-order valence-electron chi connectivity index (χ0n) is 15.7. The Labute approximate surface area is 171 Å². The largest absolute Gasteiger partial charge is 0.452 e. The Kier molecular flexibility index (Phi) is 5.39. The number of carbonyl (C=O) groups excluding carboxylic acids is 2. The highest BCUT2D eigenvalue weighted by molar-refractivity contribution is 7.14. The molecule has 1 atom stereocenters. The number of esters is 1. The van der Waals surface area contributed by atoms with Crippen LogP contribution in [0, 0.1) is 0 Å². The topological polar surface area (TPSA) is 84.1 Å². The number of para-hydroxylation sites is 1. The highest BCUT2D eigenvalue weighted by Crippen LogP contribution is 2.25. The van der Waals surface area contributed by atoms with Crippen LogP contribution in [-0.2, 0) is 20.7 Å². The van der Waals surface area contributed by atoms with Crippen molar-refractivity contribution in [1.82, 2.24) is 9.97 Å². The molecule has 0 aliphatic carbocycles. The number of aromatic amines is 1. The number of thiazole rings is 1. The molecule has 0 saturated carbocycles. The van der Waals surface area contributed by atoms with E-state index in [1.165, 1.54) is 11.3 Å². The molecule has 6 nitrogen and oxygen atoms in total. The zero-order valence-corrected chi connectivity index (χ0v) is 16.5. The summed E-state index contributed by atoms with van der Waals surface area (Å²) in [6.45, 7) is 1.55. The van der Waals surface area contributed by atoms with Gasteiger partial charge >= 0.3 is 5.97 Å². The van der Waals surface area contributed by atoms with Crippen molar-refractivity contribution in [3.8, 4) is 11.3 Å². The number of carbonyl (C=O) groups is 2. The first-order chi connectivity index (χ1) is 14.1. The van der Waals surface area contributed by atoms with E-state index in [-0.39, 0.29) is 6.42 Å². The highest BCUT2D eigenvalue weighted by Gasteiger charge is 2.20. The van der Waals surface area contributed by atoms with Gasteiger partial charge in [-0.3, -0.25) is 14.9 Å². The van der Waals surface area contributed by atoms with E-state index in [2.05, 4.69) is 15.3 Å². The molecule has 2 aromatic heterocycles. The Bertz CT molecular complexity index is 1150. The van der Waals surface area contributed by atoms with E-state index in [4.69, 9.17) is 4.74 Å². The van der Waals surface area contributed by atoms with E-state index >= 15 is 0 Å². The Morgan fingerprint density at radius 2 is 1.90 bits per heavy atom. The maximum atomic E-state index is 12.4. The summed E-state index contributed by atoms with van der Waals surface area (Å²) in [5.74, 6) is -0.868. The lowest BCUT2D eigenvalue weighted by Crippen LogP contribution is -2.30. The van der Waals surface area contributed by atoms with E-state index in [0.717, 1.165) is 27.7 Å². The minimum Gasteiger partial charge on any atom is -0.452 e. The number of aromatic nitrogens is 2. The number of hydrogen-bond donors (Lipinski definition) is 2. The average Bonchev–Trinajstić information content (AvgIpc) is 3.36. The highest BCUT2D eigenvalue weighted by atomic mass is 32.1. The summed E-state index contributed by atoms with van der Waals surface area (Å²) in [7, 11) is 0. The number of anilines is 1. The van der Waals surface area contributed by atoms with Crippen LogP contribution in [-0.4, -0.2) is 27.9 Å². The van der Waals surface area contributed by atoms with Gasteiger partial charge in [-0.15, -0.1) is 11.3 Å². The second kappa shape index (κ2) is 8.28. The number of nitrogens with one attached hydrogen (secondary N) is 2. The smallest absolute Gasteiger partial charge is 0.311 e. The summed E-state index contributed by atoms with van der Waals surface area (Å²) >= 11 is 1.33. The van der Waals surface area contributed by atoms with Gasteiger partial charge in [0.05, 0.1) is 12.1 Å². The summed E-state index contributed by atoms with van der Waals surface area (Å²) in [5.41, 5.74) is 3.56. The normalized spacial score (nSPS) is 11.9. The molecule has 4 rings (SSSR count). The van der Waals surface area contributed by atoms with E-state index in [0.29, 0.717) is 5.13 Å². The van der Waals surface area contributed by atoms with Gasteiger partial charge in [-0.25, -0.2) is 4.98 Å². The van der Waals surface area contributed by atoms with Crippen molar-refractivity contribution in [3.05, 3.63) is 71.7 Å². The molecule has 0 fully saturated rings. The molecule has 0 unspecified atom stereocenters. The molecule has 0 aliphatic rings. The summed E-state index contributed by atoms with van der Waals surface area (Å²) < 4.78 is 5.31. The van der Waals surface area contributed by atoms with Crippen LogP contribution in [0.15, 0.2) is 66.2 Å². The summed E-state index contributed by atoms with van der Waals surface area (Å²) in [4.78, 5) is 32.2. The van der Waals surface area contributed by atoms with Gasteiger partial charge in [0.2, 0.25) is 0 Å². The standard InChI is InChI=1S/C22H19N3O3S/c1-14(28-20(26)11-16-12-23-18-10-6-5-9-17(16)18)21(27)25-22-24-19(13-29-22)15-7-3-2-4-8-15/h2-10,12-14,23H,11H2,1H3,(H,24,25,27)/t14-/m1/s1. The van der Waals surface area contributed by atoms with Crippen LogP contribution in [0.1, 0.15) is 12.5 Å². The van der Waals surface area contributed by atoms with Gasteiger partial charge in [0.15, 0.2) is 11.2 Å². The first kappa shape index (κ1) is 18.9. The Hall–Kier alpha value is -3.45. The lowest BCUT2D eigenvalue weighted by Gasteiger charge is -2.12. The lowest BCUT2D eigenvalue weighted by molar-refractivity contribution is -0.152. The van der Waals surface area contributed by atoms with Gasteiger partial charge in [0.1, 0.15) is 0 Å². The second-order valence-electron chi connectivity index (χ2n) is 6.56. The van der Waals surface area contributed by atoms with Crippen molar-refractivity contribution in [1.29, 1.82) is 0 Å². The minimum absolute atomic E-state index is 0.0943. The molecule has 146 valence electrons. The number of benzene rings is 2. The number of amides is 1. The van der Waals surface area contributed by atoms with Crippen LogP contribution in [0.25, 0.3) is 22.2 Å². The van der Waals surface area contributed by atoms with Crippen molar-refractivity contribution in [2.24, 2.45) is 0 Å². The maximum Gasteiger partial charge on any atom is 0.311 e. The predicted molar refractivity (Wildman–Crippen MR) is 114 cm³/mol. The van der Waals surface area contributed by atoms with E-state index in [1.54, 1.807) is 13.1 Å². The van der Waals surface area contributed by atoms with Gasteiger partial charge in [-0.2, -0.15) is 0 Å². The first-order valence-electron chi connectivity index (χ1n) is 9.16. The van der Waals surface area contributed by atoms with Gasteiger partial charge in [0.25, 0.3) is 5.91 Å². The average molecular weight is 405 g/mol.